The van der Waals surface area contributed by atoms with Crippen LogP contribution in [0.1, 0.15) is 65.7 Å². The van der Waals surface area contributed by atoms with Crippen molar-refractivity contribution in [2.75, 3.05) is 0 Å². The van der Waals surface area contributed by atoms with Crippen LogP contribution >= 0.6 is 0 Å². The molecule has 2 saturated carbocycles. The number of carbonyl (C=O) groups is 3. The molecule has 0 aromatic rings. The van der Waals surface area contributed by atoms with Gasteiger partial charge in [0, 0.05) is 11.6 Å². The number of ether oxygens (including phenoxy) is 1. The molecule has 3 atom stereocenters. The van der Waals surface area contributed by atoms with Crippen LogP contribution in [0.3, 0.4) is 0 Å². The zero-order valence-corrected chi connectivity index (χ0v) is 19.0. The van der Waals surface area contributed by atoms with Gasteiger partial charge in [0.1, 0.15) is 5.76 Å². The van der Waals surface area contributed by atoms with E-state index < -0.39 is 0 Å². The first-order valence-electron chi connectivity index (χ1n) is 11.4. The third kappa shape index (κ3) is 5.86. The van der Waals surface area contributed by atoms with Gasteiger partial charge in [-0.15, -0.1) is 0 Å². The summed E-state index contributed by atoms with van der Waals surface area (Å²) in [6.07, 6.45) is 9.58. The van der Waals surface area contributed by atoms with Crippen molar-refractivity contribution in [3.8, 4) is 0 Å². The molecule has 3 fully saturated rings. The number of nitrogens with one attached hydrogen (secondary N) is 2. The van der Waals surface area contributed by atoms with Crippen molar-refractivity contribution >= 4 is 17.7 Å². The summed E-state index contributed by atoms with van der Waals surface area (Å²) in [4.78, 5) is 36.2. The number of hydrogen-bond donors (Lipinski definition) is 2. The van der Waals surface area contributed by atoms with Crippen molar-refractivity contribution in [1.29, 1.82) is 0 Å². The Morgan fingerprint density at radius 2 is 1.65 bits per heavy atom. The van der Waals surface area contributed by atoms with E-state index in [0.717, 1.165) is 18.8 Å². The number of amides is 3. The first-order valence-corrected chi connectivity index (χ1v) is 11.4. The van der Waals surface area contributed by atoms with Gasteiger partial charge in [-0.05, 0) is 68.4 Å². The highest BCUT2D eigenvalue weighted by Crippen LogP contribution is 2.39. The highest BCUT2D eigenvalue weighted by atomic mass is 16.5. The second-order valence-electron chi connectivity index (χ2n) is 10.3. The molecule has 0 spiro atoms. The topological polar surface area (TPSA) is 84.5 Å². The normalized spacial score (nSPS) is 31.1. The zero-order valence-electron chi connectivity index (χ0n) is 19.0. The van der Waals surface area contributed by atoms with E-state index in [9.17, 15) is 14.4 Å². The van der Waals surface area contributed by atoms with E-state index in [4.69, 9.17) is 4.74 Å². The molecule has 0 aromatic carbocycles. The van der Waals surface area contributed by atoms with Gasteiger partial charge in [-0.2, -0.15) is 0 Å². The van der Waals surface area contributed by atoms with E-state index in [1.165, 1.54) is 12.8 Å². The number of carbonyl (C=O) groups excluding carboxylic acids is 3. The molecule has 1 aliphatic heterocycles. The lowest BCUT2D eigenvalue weighted by Gasteiger charge is -2.37. The highest BCUT2D eigenvalue weighted by Gasteiger charge is 2.46. The second-order valence-corrected chi connectivity index (χ2v) is 10.3. The first kappa shape index (κ1) is 23.3. The van der Waals surface area contributed by atoms with Crippen molar-refractivity contribution in [3.63, 3.8) is 0 Å². The van der Waals surface area contributed by atoms with Crippen LogP contribution < -0.4 is 10.6 Å². The summed E-state index contributed by atoms with van der Waals surface area (Å²) < 4.78 is 5.98. The lowest BCUT2D eigenvalue weighted by molar-refractivity contribution is -0.129. The predicted octanol–water partition coefficient (Wildman–Crippen LogP) is 4.00. The van der Waals surface area contributed by atoms with Gasteiger partial charge >= 0.3 is 0 Å². The molecule has 0 aromatic heterocycles. The molecule has 2 N–H and O–H groups in total. The van der Waals surface area contributed by atoms with E-state index in [1.807, 2.05) is 0 Å². The van der Waals surface area contributed by atoms with Crippen LogP contribution in [0.4, 0.5) is 0 Å². The summed E-state index contributed by atoms with van der Waals surface area (Å²) >= 11 is 0. The van der Waals surface area contributed by atoms with Gasteiger partial charge in [-0.25, -0.2) is 0 Å². The van der Waals surface area contributed by atoms with Gasteiger partial charge in [-0.1, -0.05) is 33.9 Å². The second kappa shape index (κ2) is 9.41. The quantitative estimate of drug-likeness (QED) is 0.380. The van der Waals surface area contributed by atoms with E-state index >= 15 is 0 Å². The number of imide groups is 1. The largest absolute Gasteiger partial charge is 0.491 e. The highest BCUT2D eigenvalue weighted by molar-refractivity contribution is 6.05. The van der Waals surface area contributed by atoms with Crippen LogP contribution in [0.15, 0.2) is 36.8 Å². The molecule has 1 heterocycles. The Morgan fingerprint density at radius 1 is 1.00 bits per heavy atom. The lowest BCUT2D eigenvalue weighted by atomic mass is 9.72. The molecular formula is C25H36N2O4. The van der Waals surface area contributed by atoms with Crippen molar-refractivity contribution < 1.29 is 19.1 Å². The first-order chi connectivity index (χ1) is 14.5. The monoisotopic (exact) mass is 428 g/mol. The average Bonchev–Trinajstić information content (AvgIpc) is 2.99. The molecule has 31 heavy (non-hydrogen) atoms. The lowest BCUT2D eigenvalue weighted by Crippen LogP contribution is -2.36. The zero-order chi connectivity index (χ0) is 22.8. The molecule has 3 amide bonds. The fraction of sp³-hybridized carbons (Fsp3) is 0.640. The average molecular weight is 429 g/mol. The summed E-state index contributed by atoms with van der Waals surface area (Å²) in [5.41, 5.74) is 0.800. The number of allylic oxidation sites excluding steroid dienone is 2. The third-order valence-corrected chi connectivity index (χ3v) is 7.11. The fourth-order valence-electron chi connectivity index (χ4n) is 5.11. The van der Waals surface area contributed by atoms with E-state index in [2.05, 4.69) is 44.6 Å². The Labute approximate surface area is 185 Å². The SMILES string of the molecule is C=C(/C=C\C(=C)OC1CCC(C(C)(C)C)CC1)NC(=O)C1CCC2C(=O)NC(=O)C2C1. The van der Waals surface area contributed by atoms with Gasteiger partial charge in [0.2, 0.25) is 17.7 Å². The van der Waals surface area contributed by atoms with E-state index in [1.54, 1.807) is 12.2 Å². The Hall–Kier alpha value is -2.37. The maximum atomic E-state index is 12.6. The number of fused-ring (bicyclic) bond motifs is 1. The van der Waals surface area contributed by atoms with Crippen LogP contribution in [-0.4, -0.2) is 23.8 Å². The predicted molar refractivity (Wildman–Crippen MR) is 119 cm³/mol. The van der Waals surface area contributed by atoms with Crippen LogP contribution in [0.25, 0.3) is 0 Å². The third-order valence-electron chi connectivity index (χ3n) is 7.11. The maximum absolute atomic E-state index is 12.6. The maximum Gasteiger partial charge on any atom is 0.230 e. The molecule has 170 valence electrons. The van der Waals surface area contributed by atoms with Crippen molar-refractivity contribution in [3.05, 3.63) is 36.8 Å². The molecule has 3 aliphatic rings. The summed E-state index contributed by atoms with van der Waals surface area (Å²) in [7, 11) is 0. The van der Waals surface area contributed by atoms with Gasteiger partial charge in [-0.3, -0.25) is 19.7 Å². The van der Waals surface area contributed by atoms with E-state index in [-0.39, 0.29) is 41.6 Å². The smallest absolute Gasteiger partial charge is 0.230 e. The Balaban J connectivity index is 1.41. The Morgan fingerprint density at radius 3 is 2.29 bits per heavy atom. The molecule has 0 bridgehead atoms. The number of hydrogen-bond acceptors (Lipinski definition) is 4. The molecule has 3 unspecified atom stereocenters. The van der Waals surface area contributed by atoms with Crippen LogP contribution in [0, 0.1) is 29.1 Å². The molecule has 6 nitrogen and oxygen atoms in total. The molecule has 1 saturated heterocycles. The van der Waals surface area contributed by atoms with Crippen LogP contribution in [0.2, 0.25) is 0 Å². The molecule has 3 rings (SSSR count). The van der Waals surface area contributed by atoms with Crippen LogP contribution in [-0.2, 0) is 19.1 Å². The summed E-state index contributed by atoms with van der Waals surface area (Å²) in [5.74, 6) is -0.276. The molecule has 6 heteroatoms. The Bertz CT molecular complexity index is 784. The minimum atomic E-state index is -0.387. The Kier molecular flexibility index (Phi) is 7.07. The molecule has 0 radical (unpaired) electrons. The van der Waals surface area contributed by atoms with Gasteiger partial charge in [0.15, 0.2) is 0 Å². The minimum Gasteiger partial charge on any atom is -0.491 e. The molecule has 2 aliphatic carbocycles. The minimum absolute atomic E-state index is 0.160. The van der Waals surface area contributed by atoms with E-state index in [0.29, 0.717) is 36.1 Å². The van der Waals surface area contributed by atoms with Crippen LogP contribution in [0.5, 0.6) is 0 Å². The summed E-state index contributed by atoms with van der Waals surface area (Å²) in [5, 5.41) is 5.18. The fourth-order valence-corrected chi connectivity index (χ4v) is 5.11. The standard InChI is InChI=1S/C25H36N2O4/c1-15(6-7-16(2)31-19-11-9-18(10-12-19)25(3,4)5)26-22(28)17-8-13-20-21(14-17)24(30)27-23(20)29/h6-7,17-21H,1-2,8-14H2,3-5H3,(H,26,28)(H,27,29,30)/b7-6-. The van der Waals surface area contributed by atoms with Crippen molar-refractivity contribution in [1.82, 2.24) is 10.6 Å². The molecular weight excluding hydrogens is 392 g/mol. The van der Waals surface area contributed by atoms with Crippen molar-refractivity contribution in [2.24, 2.45) is 29.1 Å². The number of rotatable bonds is 6. The van der Waals surface area contributed by atoms with Crippen molar-refractivity contribution in [2.45, 2.75) is 71.8 Å². The summed E-state index contributed by atoms with van der Waals surface area (Å²) in [6, 6.07) is 0. The summed E-state index contributed by atoms with van der Waals surface area (Å²) in [6.45, 7) is 14.8. The van der Waals surface area contributed by atoms with Gasteiger partial charge in [0.05, 0.1) is 17.9 Å². The van der Waals surface area contributed by atoms with Gasteiger partial charge < -0.3 is 10.1 Å². The van der Waals surface area contributed by atoms with Gasteiger partial charge in [0.25, 0.3) is 0 Å².